The molecule has 2 aromatic carbocycles. The fraction of sp³-hybridized carbons (Fsp3) is 0.576. The van der Waals surface area contributed by atoms with Gasteiger partial charge in [-0.05, 0) is 72.4 Å². The van der Waals surface area contributed by atoms with Gasteiger partial charge >= 0.3 is 5.97 Å². The Kier molecular flexibility index (Phi) is 11.2. The number of nitrogens with one attached hydrogen (secondary N) is 1. The number of carboxylic acids is 1. The molecular formula is C33H46N2O6S. The number of nitrogens with zero attached hydrogens (tertiary/aromatic N) is 1. The van der Waals surface area contributed by atoms with E-state index >= 15 is 0 Å². The van der Waals surface area contributed by atoms with Gasteiger partial charge in [0.25, 0.3) is 5.91 Å². The van der Waals surface area contributed by atoms with Crippen LogP contribution >= 0.6 is 0 Å². The van der Waals surface area contributed by atoms with Crippen LogP contribution in [0.5, 0.6) is 0 Å². The molecule has 0 bridgehead atoms. The molecule has 1 heterocycles. The van der Waals surface area contributed by atoms with Crippen LogP contribution in [0.2, 0.25) is 0 Å². The first-order chi connectivity index (χ1) is 20.0. The van der Waals surface area contributed by atoms with Crippen molar-refractivity contribution in [2.45, 2.75) is 76.9 Å². The van der Waals surface area contributed by atoms with E-state index in [-0.39, 0.29) is 12.2 Å². The van der Waals surface area contributed by atoms with E-state index in [2.05, 4.69) is 10.2 Å². The van der Waals surface area contributed by atoms with E-state index in [1.54, 1.807) is 13.2 Å². The van der Waals surface area contributed by atoms with Gasteiger partial charge in [0.15, 0.2) is 0 Å². The maximum atomic E-state index is 13.5. The van der Waals surface area contributed by atoms with Crippen molar-refractivity contribution in [3.63, 3.8) is 0 Å². The van der Waals surface area contributed by atoms with Crippen LogP contribution in [-0.2, 0) is 25.9 Å². The Morgan fingerprint density at radius 2 is 1.81 bits per heavy atom. The predicted molar refractivity (Wildman–Crippen MR) is 165 cm³/mol. The summed E-state index contributed by atoms with van der Waals surface area (Å²) in [5.41, 5.74) is 4.08. The topological polar surface area (TPSA) is 113 Å². The molecule has 2 fully saturated rings. The third kappa shape index (κ3) is 8.88. The van der Waals surface area contributed by atoms with Crippen molar-refractivity contribution in [1.29, 1.82) is 0 Å². The molecule has 1 amide bonds. The molecule has 8 nitrogen and oxygen atoms in total. The fourth-order valence-electron chi connectivity index (χ4n) is 6.76. The molecule has 1 aliphatic heterocycles. The monoisotopic (exact) mass is 598 g/mol. The number of carboxylic acid groups (broad SMARTS) is 1. The minimum absolute atomic E-state index is 0.199. The summed E-state index contributed by atoms with van der Waals surface area (Å²) in [4.78, 5) is 27.8. The van der Waals surface area contributed by atoms with E-state index in [0.29, 0.717) is 24.1 Å². The van der Waals surface area contributed by atoms with Crippen molar-refractivity contribution >= 4 is 21.7 Å². The maximum Gasteiger partial charge on any atom is 0.326 e. The minimum atomic E-state index is -3.38. The quantitative estimate of drug-likeness (QED) is 0.330. The normalized spacial score (nSPS) is 20.8. The molecule has 4 rings (SSSR count). The SMILES string of the molecule is COC[C@@H]1C[C@@H](CC2CCCCC2)CN1Cc1ccc(C(=O)N[C@@H](CCS(C)(=O)=O)C(=O)O)c(-c2ccccc2C)c1. The van der Waals surface area contributed by atoms with Gasteiger partial charge in [-0.15, -0.1) is 0 Å². The average Bonchev–Trinajstić information content (AvgIpc) is 3.31. The van der Waals surface area contributed by atoms with Gasteiger partial charge in [0.05, 0.1) is 12.4 Å². The standard InChI is InChI=1S/C33H46N2O6S/c1-23-9-7-8-12-28(23)30-19-25(13-14-29(30)32(36)34-31(33(37)38)15-16-42(3,39)40)20-35-21-26(18-27(35)22-41-2)17-24-10-5-4-6-11-24/h7-9,12-14,19,24,26-27,31H,4-6,10-11,15-18,20-22H2,1-3H3,(H,34,36)(H,37,38)/t26-,27+,31+/m1/s1. The second kappa shape index (κ2) is 14.6. The highest BCUT2D eigenvalue weighted by Crippen LogP contribution is 2.36. The van der Waals surface area contributed by atoms with E-state index in [4.69, 9.17) is 4.74 Å². The zero-order chi connectivity index (χ0) is 30.3. The minimum Gasteiger partial charge on any atom is -0.480 e. The van der Waals surface area contributed by atoms with E-state index in [0.717, 1.165) is 53.9 Å². The molecule has 0 radical (unpaired) electrons. The van der Waals surface area contributed by atoms with E-state index in [9.17, 15) is 23.1 Å². The lowest BCUT2D eigenvalue weighted by Gasteiger charge is -2.25. The summed E-state index contributed by atoms with van der Waals surface area (Å²) in [5, 5.41) is 12.2. The summed E-state index contributed by atoms with van der Waals surface area (Å²) < 4.78 is 28.9. The van der Waals surface area contributed by atoms with Crippen LogP contribution in [0.25, 0.3) is 11.1 Å². The van der Waals surface area contributed by atoms with E-state index in [1.807, 2.05) is 43.3 Å². The van der Waals surface area contributed by atoms with Crippen LogP contribution in [0, 0.1) is 18.8 Å². The molecular weight excluding hydrogens is 552 g/mol. The summed E-state index contributed by atoms with van der Waals surface area (Å²) in [6, 6.07) is 12.6. The molecule has 0 spiro atoms. The van der Waals surface area contributed by atoms with Crippen molar-refractivity contribution in [3.05, 3.63) is 59.2 Å². The Labute approximate surface area is 250 Å². The first-order valence-corrected chi connectivity index (χ1v) is 17.2. The molecule has 0 unspecified atom stereocenters. The second-order valence-electron chi connectivity index (χ2n) is 12.4. The third-order valence-electron chi connectivity index (χ3n) is 8.90. The number of methoxy groups -OCH3 is 1. The molecule has 2 aliphatic rings. The van der Waals surface area contributed by atoms with Crippen LogP contribution in [0.1, 0.15) is 72.9 Å². The number of amides is 1. The molecule has 2 aromatic rings. The van der Waals surface area contributed by atoms with Gasteiger partial charge in [-0.2, -0.15) is 0 Å². The fourth-order valence-corrected chi connectivity index (χ4v) is 7.42. The Bertz CT molecular complexity index is 1340. The second-order valence-corrected chi connectivity index (χ2v) is 14.6. The van der Waals surface area contributed by atoms with Gasteiger partial charge in [-0.25, -0.2) is 13.2 Å². The Hall–Kier alpha value is -2.75. The molecule has 1 saturated carbocycles. The molecule has 1 saturated heterocycles. The summed E-state index contributed by atoms with van der Waals surface area (Å²) in [6.07, 6.45) is 10.1. The number of sulfone groups is 1. The van der Waals surface area contributed by atoms with Crippen LogP contribution in [0.4, 0.5) is 0 Å². The largest absolute Gasteiger partial charge is 0.480 e. The third-order valence-corrected chi connectivity index (χ3v) is 9.87. The number of benzene rings is 2. The lowest BCUT2D eigenvalue weighted by atomic mass is 9.82. The number of hydrogen-bond acceptors (Lipinski definition) is 6. The zero-order valence-corrected chi connectivity index (χ0v) is 26.0. The smallest absolute Gasteiger partial charge is 0.326 e. The maximum absolute atomic E-state index is 13.5. The van der Waals surface area contributed by atoms with Crippen molar-refractivity contribution in [1.82, 2.24) is 10.2 Å². The first-order valence-electron chi connectivity index (χ1n) is 15.2. The van der Waals surface area contributed by atoms with Crippen LogP contribution in [0.3, 0.4) is 0 Å². The van der Waals surface area contributed by atoms with Crippen LogP contribution in [-0.4, -0.2) is 74.7 Å². The summed E-state index contributed by atoms with van der Waals surface area (Å²) in [5.74, 6) is -0.624. The van der Waals surface area contributed by atoms with Crippen LogP contribution < -0.4 is 5.32 Å². The van der Waals surface area contributed by atoms with Gasteiger partial charge < -0.3 is 15.2 Å². The Balaban J connectivity index is 1.57. The first kappa shape index (κ1) is 32.2. The van der Waals surface area contributed by atoms with Crippen molar-refractivity contribution < 1.29 is 27.9 Å². The number of carbonyl (C=O) groups is 2. The average molecular weight is 599 g/mol. The van der Waals surface area contributed by atoms with Gasteiger partial charge in [0.2, 0.25) is 0 Å². The number of hydrogen-bond donors (Lipinski definition) is 2. The summed E-state index contributed by atoms with van der Waals surface area (Å²) in [7, 11) is -1.62. The number of ether oxygens (including phenoxy) is 1. The molecule has 0 aromatic heterocycles. The highest BCUT2D eigenvalue weighted by molar-refractivity contribution is 7.90. The van der Waals surface area contributed by atoms with Crippen molar-refractivity contribution in [2.24, 2.45) is 11.8 Å². The summed E-state index contributed by atoms with van der Waals surface area (Å²) >= 11 is 0. The molecule has 3 atom stereocenters. The van der Waals surface area contributed by atoms with Gasteiger partial charge in [0, 0.05) is 38.1 Å². The molecule has 1 aliphatic carbocycles. The van der Waals surface area contributed by atoms with Crippen molar-refractivity contribution in [2.75, 3.05) is 32.3 Å². The Morgan fingerprint density at radius 1 is 1.07 bits per heavy atom. The summed E-state index contributed by atoms with van der Waals surface area (Å²) in [6.45, 7) is 4.45. The van der Waals surface area contributed by atoms with E-state index < -0.39 is 27.8 Å². The molecule has 9 heteroatoms. The molecule has 230 valence electrons. The number of carbonyl (C=O) groups excluding carboxylic acids is 1. The Morgan fingerprint density at radius 3 is 2.48 bits per heavy atom. The van der Waals surface area contributed by atoms with Gasteiger partial charge in [0.1, 0.15) is 15.9 Å². The molecule has 2 N–H and O–H groups in total. The number of rotatable bonds is 13. The van der Waals surface area contributed by atoms with E-state index in [1.165, 1.54) is 38.5 Å². The van der Waals surface area contributed by atoms with Crippen LogP contribution in [0.15, 0.2) is 42.5 Å². The molecule has 42 heavy (non-hydrogen) atoms. The van der Waals surface area contributed by atoms with Gasteiger partial charge in [-0.1, -0.05) is 62.4 Å². The number of aliphatic carboxylic acids is 1. The number of likely N-dealkylation sites (tertiary alicyclic amines) is 1. The zero-order valence-electron chi connectivity index (χ0n) is 25.2. The predicted octanol–water partition coefficient (Wildman–Crippen LogP) is 5.09. The lowest BCUT2D eigenvalue weighted by molar-refractivity contribution is -0.139. The number of aryl methyl sites for hydroxylation is 1. The van der Waals surface area contributed by atoms with Gasteiger partial charge in [-0.3, -0.25) is 9.69 Å². The highest BCUT2D eigenvalue weighted by Gasteiger charge is 2.34. The lowest BCUT2D eigenvalue weighted by Crippen LogP contribution is -2.42. The highest BCUT2D eigenvalue weighted by atomic mass is 32.2. The van der Waals surface area contributed by atoms with Crippen molar-refractivity contribution in [3.8, 4) is 11.1 Å².